The van der Waals surface area contributed by atoms with Crippen LogP contribution in [-0.4, -0.2) is 122 Å². The molecule has 0 aromatic heterocycles. The van der Waals surface area contributed by atoms with E-state index in [1.165, 1.54) is 13.8 Å². The zero-order valence-corrected chi connectivity index (χ0v) is 19.9. The van der Waals surface area contributed by atoms with E-state index in [0.29, 0.717) is 6.42 Å². The quantitative estimate of drug-likeness (QED) is 0.0965. The van der Waals surface area contributed by atoms with Gasteiger partial charge in [-0.15, -0.1) is 0 Å². The Hall–Kier alpha value is -2.05. The number of alkyl halides is 2. The summed E-state index contributed by atoms with van der Waals surface area (Å²) in [4.78, 5) is 34.7. The van der Waals surface area contributed by atoms with Crippen LogP contribution in [0.4, 0.5) is 8.78 Å². The molecule has 36 heavy (non-hydrogen) atoms. The van der Waals surface area contributed by atoms with Gasteiger partial charge in [0.1, 0.15) is 36.5 Å². The van der Waals surface area contributed by atoms with E-state index in [2.05, 4.69) is 20.7 Å². The summed E-state index contributed by atoms with van der Waals surface area (Å²) in [5.74, 6) is -10.3. The van der Waals surface area contributed by atoms with Crippen molar-refractivity contribution in [1.82, 2.24) is 16.0 Å². The summed E-state index contributed by atoms with van der Waals surface area (Å²) in [6.07, 6.45) is -7.66. The van der Waals surface area contributed by atoms with E-state index in [0.717, 1.165) is 0 Å². The second kappa shape index (κ2) is 13.5. The van der Waals surface area contributed by atoms with Crippen molar-refractivity contribution >= 4 is 17.8 Å². The highest BCUT2D eigenvalue weighted by Gasteiger charge is 2.65. The topological polar surface area (TPSA) is 244 Å². The zero-order chi connectivity index (χ0) is 27.8. The SMILES string of the molecule is C[C@H](NC(=O)[C@H](C)NC(=O)[C@@H](N)CCCCNCC(F)(F)[C@]1(O)O[C@H](CO)[C@H](O)[C@H](O)[C@H]1O)C(=O)O. The van der Waals surface area contributed by atoms with Crippen LogP contribution >= 0.6 is 0 Å². The number of carboxylic acid groups (broad SMARTS) is 1. The first-order valence-electron chi connectivity index (χ1n) is 11.3. The van der Waals surface area contributed by atoms with Crippen LogP contribution in [0.25, 0.3) is 0 Å². The van der Waals surface area contributed by atoms with E-state index in [1.807, 2.05) is 0 Å². The summed E-state index contributed by atoms with van der Waals surface area (Å²) in [7, 11) is 0. The number of hydrogen-bond acceptors (Lipinski definition) is 11. The highest BCUT2D eigenvalue weighted by atomic mass is 19.3. The van der Waals surface area contributed by atoms with Gasteiger partial charge < -0.3 is 57.1 Å². The molecule has 1 aliphatic rings. The third kappa shape index (κ3) is 7.97. The molecule has 11 N–H and O–H groups in total. The van der Waals surface area contributed by atoms with Crippen LogP contribution in [-0.2, 0) is 19.1 Å². The first-order valence-corrected chi connectivity index (χ1v) is 11.3. The molecule has 0 bridgehead atoms. The Morgan fingerprint density at radius 3 is 2.19 bits per heavy atom. The van der Waals surface area contributed by atoms with Crippen molar-refractivity contribution in [2.75, 3.05) is 19.7 Å². The molecule has 8 atom stereocenters. The maximum absolute atomic E-state index is 14.6. The van der Waals surface area contributed by atoms with Crippen LogP contribution in [0.3, 0.4) is 0 Å². The standard InChI is InChI=1S/C20H36F2N4O10/c1-9(16(31)26-10(2)18(33)34)25-17(32)11(23)5-3-4-6-24-8-19(21,22)20(35)15(30)14(29)13(28)12(7-27)36-20/h9-15,24,27-30,35H,3-8,23H2,1-2H3,(H,25,32)(H,26,31)(H,33,34)/t9-,10-,11-,12+,13-,14-,15+,20+/m0/s1. The van der Waals surface area contributed by atoms with Crippen LogP contribution in [0.2, 0.25) is 0 Å². The number of nitrogens with two attached hydrogens (primary N) is 1. The molecule has 1 saturated heterocycles. The summed E-state index contributed by atoms with van der Waals surface area (Å²) >= 11 is 0. The normalized spacial score (nSPS) is 29.2. The fraction of sp³-hybridized carbons (Fsp3) is 0.850. The van der Waals surface area contributed by atoms with Gasteiger partial charge in [-0.25, -0.2) is 0 Å². The van der Waals surface area contributed by atoms with Crippen molar-refractivity contribution < 1.29 is 58.5 Å². The number of carboxylic acids is 1. The average Bonchev–Trinajstić information content (AvgIpc) is 2.81. The molecule has 0 radical (unpaired) electrons. The number of aliphatic hydroxyl groups is 5. The number of aliphatic carboxylic acids is 1. The Balaban J connectivity index is 2.43. The van der Waals surface area contributed by atoms with E-state index >= 15 is 0 Å². The van der Waals surface area contributed by atoms with Crippen LogP contribution in [0.15, 0.2) is 0 Å². The second-order valence-electron chi connectivity index (χ2n) is 8.74. The van der Waals surface area contributed by atoms with E-state index in [1.54, 1.807) is 0 Å². The molecule has 1 aliphatic heterocycles. The molecule has 16 heteroatoms. The van der Waals surface area contributed by atoms with Gasteiger partial charge in [-0.3, -0.25) is 14.4 Å². The first kappa shape index (κ1) is 32.0. The molecule has 0 aromatic rings. The van der Waals surface area contributed by atoms with Gasteiger partial charge in [0.05, 0.1) is 19.2 Å². The van der Waals surface area contributed by atoms with Crippen LogP contribution in [0.5, 0.6) is 0 Å². The van der Waals surface area contributed by atoms with Crippen molar-refractivity contribution in [1.29, 1.82) is 0 Å². The van der Waals surface area contributed by atoms with E-state index in [4.69, 9.17) is 15.9 Å². The average molecular weight is 531 g/mol. The largest absolute Gasteiger partial charge is 0.480 e. The van der Waals surface area contributed by atoms with Gasteiger partial charge in [0, 0.05) is 0 Å². The molecular weight excluding hydrogens is 494 g/mol. The zero-order valence-electron chi connectivity index (χ0n) is 19.9. The molecule has 0 spiro atoms. The van der Waals surface area contributed by atoms with Crippen molar-refractivity contribution in [3.63, 3.8) is 0 Å². The molecule has 1 rings (SSSR count). The maximum atomic E-state index is 14.6. The molecule has 2 amide bonds. The van der Waals surface area contributed by atoms with E-state index in [-0.39, 0.29) is 19.4 Å². The summed E-state index contributed by atoms with van der Waals surface area (Å²) in [5, 5.41) is 64.3. The lowest BCUT2D eigenvalue weighted by Crippen LogP contribution is -2.72. The first-order chi connectivity index (χ1) is 16.6. The van der Waals surface area contributed by atoms with Gasteiger partial charge in [0.2, 0.25) is 11.8 Å². The Bertz CT molecular complexity index is 762. The monoisotopic (exact) mass is 530 g/mol. The Morgan fingerprint density at radius 1 is 1.06 bits per heavy atom. The second-order valence-corrected chi connectivity index (χ2v) is 8.74. The third-order valence-electron chi connectivity index (χ3n) is 5.77. The van der Waals surface area contributed by atoms with Crippen molar-refractivity contribution in [3.05, 3.63) is 0 Å². The molecule has 0 aromatic carbocycles. The number of amides is 2. The number of nitrogens with one attached hydrogen (secondary N) is 3. The van der Waals surface area contributed by atoms with E-state index in [9.17, 15) is 43.6 Å². The number of carbonyl (C=O) groups excluding carboxylic acids is 2. The number of hydrogen-bond donors (Lipinski definition) is 10. The number of carbonyl (C=O) groups is 3. The molecule has 0 saturated carbocycles. The minimum Gasteiger partial charge on any atom is -0.480 e. The van der Waals surface area contributed by atoms with Gasteiger partial charge in [-0.2, -0.15) is 8.78 Å². The summed E-state index contributed by atoms with van der Waals surface area (Å²) < 4.78 is 33.8. The van der Waals surface area contributed by atoms with Crippen molar-refractivity contribution in [3.8, 4) is 0 Å². The predicted molar refractivity (Wildman–Crippen MR) is 117 cm³/mol. The van der Waals surface area contributed by atoms with E-state index < -0.39 is 85.2 Å². The lowest BCUT2D eigenvalue weighted by Gasteiger charge is -2.48. The van der Waals surface area contributed by atoms with Crippen LogP contribution in [0.1, 0.15) is 33.1 Å². The van der Waals surface area contributed by atoms with Gasteiger partial charge in [0.15, 0.2) is 0 Å². The fourth-order valence-electron chi connectivity index (χ4n) is 3.36. The molecule has 1 heterocycles. The minimum absolute atomic E-state index is 0.0173. The lowest BCUT2D eigenvalue weighted by molar-refractivity contribution is -0.409. The van der Waals surface area contributed by atoms with Gasteiger partial charge in [0.25, 0.3) is 5.79 Å². The number of rotatable bonds is 14. The summed E-state index contributed by atoms with van der Waals surface area (Å²) in [6, 6.07) is -3.21. The Labute approximate surface area is 205 Å². The van der Waals surface area contributed by atoms with Gasteiger partial charge in [-0.05, 0) is 33.2 Å². The molecular formula is C20H36F2N4O10. The highest BCUT2D eigenvalue weighted by molar-refractivity contribution is 5.91. The number of halogens is 2. The maximum Gasteiger partial charge on any atom is 0.325 e. The Kier molecular flexibility index (Phi) is 12.0. The predicted octanol–water partition coefficient (Wildman–Crippen LogP) is -4.03. The van der Waals surface area contributed by atoms with Crippen LogP contribution < -0.4 is 21.7 Å². The molecule has 210 valence electrons. The summed E-state index contributed by atoms with van der Waals surface area (Å²) in [5.41, 5.74) is 5.76. The minimum atomic E-state index is -4.13. The smallest absolute Gasteiger partial charge is 0.325 e. The molecule has 1 fully saturated rings. The summed E-state index contributed by atoms with van der Waals surface area (Å²) in [6.45, 7) is 0.415. The van der Waals surface area contributed by atoms with Crippen molar-refractivity contribution in [2.45, 2.75) is 87.4 Å². The number of aliphatic hydroxyl groups excluding tert-OH is 4. The number of ether oxygens (including phenoxy) is 1. The fourth-order valence-corrected chi connectivity index (χ4v) is 3.36. The van der Waals surface area contributed by atoms with Crippen LogP contribution in [0, 0.1) is 0 Å². The Morgan fingerprint density at radius 2 is 1.64 bits per heavy atom. The third-order valence-corrected chi connectivity index (χ3v) is 5.77. The lowest BCUT2D eigenvalue weighted by atomic mass is 9.88. The highest BCUT2D eigenvalue weighted by Crippen LogP contribution is 2.39. The van der Waals surface area contributed by atoms with Crippen molar-refractivity contribution in [2.24, 2.45) is 5.73 Å². The van der Waals surface area contributed by atoms with Gasteiger partial charge >= 0.3 is 11.9 Å². The number of unbranched alkanes of at least 4 members (excludes halogenated alkanes) is 1. The molecule has 0 aliphatic carbocycles. The van der Waals surface area contributed by atoms with Gasteiger partial charge in [-0.1, -0.05) is 6.42 Å². The molecule has 0 unspecified atom stereocenters. The molecule has 14 nitrogen and oxygen atoms in total.